The number of methoxy groups -OCH3 is 1. The summed E-state index contributed by atoms with van der Waals surface area (Å²) >= 11 is 0. The van der Waals surface area contributed by atoms with Crippen molar-refractivity contribution >= 4 is 11.0 Å². The molecule has 1 aromatic heterocycles. The lowest BCUT2D eigenvalue weighted by Gasteiger charge is -2.07. The van der Waals surface area contributed by atoms with E-state index in [1.807, 2.05) is 24.3 Å². The fourth-order valence-electron chi connectivity index (χ4n) is 2.01. The van der Waals surface area contributed by atoms with Crippen molar-refractivity contribution in [2.45, 2.75) is 0 Å². The van der Waals surface area contributed by atoms with Gasteiger partial charge < -0.3 is 14.8 Å². The second kappa shape index (κ2) is 4.28. The van der Waals surface area contributed by atoms with Crippen molar-refractivity contribution < 1.29 is 14.2 Å². The average molecular weight is 258 g/mol. The smallest absolute Gasteiger partial charge is 0.171 e. The van der Waals surface area contributed by atoms with Crippen LogP contribution in [0, 0.1) is 5.82 Å². The molecule has 0 amide bonds. The summed E-state index contributed by atoms with van der Waals surface area (Å²) in [6.07, 6.45) is 0. The maximum absolute atomic E-state index is 13.9. The van der Waals surface area contributed by atoms with Crippen LogP contribution >= 0.6 is 0 Å². The third-order valence-corrected chi connectivity index (χ3v) is 2.94. The van der Waals surface area contributed by atoms with Gasteiger partial charge in [0.05, 0.1) is 23.7 Å². The topological polar surface area (TPSA) is 58.1 Å². The first-order chi connectivity index (χ1) is 9.20. The zero-order valence-corrected chi connectivity index (χ0v) is 10.1. The number of aromatic amines is 1. The number of fused-ring (bicyclic) bond motifs is 1. The van der Waals surface area contributed by atoms with Crippen molar-refractivity contribution in [3.05, 3.63) is 42.2 Å². The van der Waals surface area contributed by atoms with E-state index in [1.165, 1.54) is 19.2 Å². The molecule has 0 aliphatic rings. The molecule has 2 N–H and O–H groups in total. The van der Waals surface area contributed by atoms with E-state index in [-0.39, 0.29) is 22.9 Å². The molecule has 5 heteroatoms. The summed E-state index contributed by atoms with van der Waals surface area (Å²) in [5, 5.41) is 10.0. The predicted molar refractivity (Wildman–Crippen MR) is 69.7 cm³/mol. The molecule has 96 valence electrons. The highest BCUT2D eigenvalue weighted by atomic mass is 19.1. The molecule has 0 saturated heterocycles. The van der Waals surface area contributed by atoms with Crippen LogP contribution in [0.15, 0.2) is 36.4 Å². The van der Waals surface area contributed by atoms with Gasteiger partial charge in [-0.1, -0.05) is 12.1 Å². The van der Waals surface area contributed by atoms with Crippen molar-refractivity contribution in [3.8, 4) is 22.9 Å². The van der Waals surface area contributed by atoms with Crippen LogP contribution in [-0.2, 0) is 0 Å². The number of para-hydroxylation sites is 2. The minimum absolute atomic E-state index is 0.00977. The number of hydrogen-bond acceptors (Lipinski definition) is 3. The first-order valence-electron chi connectivity index (χ1n) is 5.71. The van der Waals surface area contributed by atoms with Gasteiger partial charge >= 0.3 is 0 Å². The number of aromatic hydroxyl groups is 1. The summed E-state index contributed by atoms with van der Waals surface area (Å²) in [5.74, 6) is -0.342. The monoisotopic (exact) mass is 258 g/mol. The van der Waals surface area contributed by atoms with E-state index in [0.717, 1.165) is 5.52 Å². The van der Waals surface area contributed by atoms with Gasteiger partial charge in [0.2, 0.25) is 0 Å². The Hall–Kier alpha value is -2.56. The average Bonchev–Trinajstić information content (AvgIpc) is 2.82. The minimum Gasteiger partial charge on any atom is -0.504 e. The Kier molecular flexibility index (Phi) is 2.59. The highest BCUT2D eigenvalue weighted by Crippen LogP contribution is 2.38. The molecule has 0 atom stereocenters. The first kappa shape index (κ1) is 11.5. The van der Waals surface area contributed by atoms with Gasteiger partial charge in [0, 0.05) is 0 Å². The van der Waals surface area contributed by atoms with E-state index in [1.54, 1.807) is 0 Å². The van der Waals surface area contributed by atoms with E-state index < -0.39 is 5.82 Å². The van der Waals surface area contributed by atoms with Crippen LogP contribution in [0.4, 0.5) is 4.39 Å². The Morgan fingerprint density at radius 2 is 2.00 bits per heavy atom. The Bertz CT molecular complexity index is 719. The molecule has 0 aliphatic heterocycles. The molecule has 4 nitrogen and oxygen atoms in total. The minimum atomic E-state index is -0.558. The molecular formula is C14H11FN2O2. The van der Waals surface area contributed by atoms with Gasteiger partial charge in [-0.3, -0.25) is 0 Å². The number of nitrogens with zero attached hydrogens (tertiary/aromatic N) is 1. The maximum Gasteiger partial charge on any atom is 0.171 e. The summed E-state index contributed by atoms with van der Waals surface area (Å²) in [6.45, 7) is 0. The normalized spacial score (nSPS) is 10.8. The lowest BCUT2D eigenvalue weighted by Crippen LogP contribution is -1.91. The molecule has 3 rings (SSSR count). The standard InChI is InChI=1S/C14H11FN2O2/c1-19-11-7-6-8(15)12(13(11)18)14-16-9-4-2-3-5-10(9)17-14/h2-7,18H,1H3,(H,16,17). The van der Waals surface area contributed by atoms with Gasteiger partial charge in [-0.2, -0.15) is 0 Å². The Labute approximate surface area is 108 Å². The highest BCUT2D eigenvalue weighted by Gasteiger charge is 2.18. The van der Waals surface area contributed by atoms with Crippen molar-refractivity contribution in [2.24, 2.45) is 0 Å². The summed E-state index contributed by atoms with van der Waals surface area (Å²) in [7, 11) is 1.41. The van der Waals surface area contributed by atoms with E-state index in [0.29, 0.717) is 5.52 Å². The fraction of sp³-hybridized carbons (Fsp3) is 0.0714. The molecular weight excluding hydrogens is 247 g/mol. The molecule has 19 heavy (non-hydrogen) atoms. The van der Waals surface area contributed by atoms with Crippen LogP contribution in [0.25, 0.3) is 22.4 Å². The molecule has 2 aromatic carbocycles. The SMILES string of the molecule is COc1ccc(F)c(-c2nc3ccccc3[nH]2)c1O. The number of nitrogens with one attached hydrogen (secondary N) is 1. The number of ether oxygens (including phenoxy) is 1. The molecule has 1 heterocycles. The van der Waals surface area contributed by atoms with Crippen LogP contribution in [-0.4, -0.2) is 22.2 Å². The van der Waals surface area contributed by atoms with Crippen LogP contribution in [0.1, 0.15) is 0 Å². The molecule has 0 unspecified atom stereocenters. The van der Waals surface area contributed by atoms with Crippen molar-refractivity contribution in [3.63, 3.8) is 0 Å². The molecule has 0 spiro atoms. The number of hydrogen-bond donors (Lipinski definition) is 2. The molecule has 0 bridgehead atoms. The van der Waals surface area contributed by atoms with E-state index in [2.05, 4.69) is 9.97 Å². The summed E-state index contributed by atoms with van der Waals surface area (Å²) in [5.41, 5.74) is 1.49. The van der Waals surface area contributed by atoms with Crippen molar-refractivity contribution in [1.29, 1.82) is 0 Å². The second-order valence-corrected chi connectivity index (χ2v) is 4.08. The zero-order valence-electron chi connectivity index (χ0n) is 10.1. The molecule has 0 aliphatic carbocycles. The predicted octanol–water partition coefficient (Wildman–Crippen LogP) is 3.08. The van der Waals surface area contributed by atoms with Crippen LogP contribution < -0.4 is 4.74 Å². The second-order valence-electron chi connectivity index (χ2n) is 4.08. The first-order valence-corrected chi connectivity index (χ1v) is 5.71. The lowest BCUT2D eigenvalue weighted by molar-refractivity contribution is 0.372. The lowest BCUT2D eigenvalue weighted by atomic mass is 10.1. The molecule has 0 saturated carbocycles. The van der Waals surface area contributed by atoms with E-state index >= 15 is 0 Å². The van der Waals surface area contributed by atoms with Crippen LogP contribution in [0.5, 0.6) is 11.5 Å². The van der Waals surface area contributed by atoms with Crippen molar-refractivity contribution in [1.82, 2.24) is 9.97 Å². The number of rotatable bonds is 2. The number of H-pyrrole nitrogens is 1. The zero-order chi connectivity index (χ0) is 13.4. The molecule has 3 aromatic rings. The number of aromatic nitrogens is 2. The third-order valence-electron chi connectivity index (χ3n) is 2.94. The van der Waals surface area contributed by atoms with E-state index in [9.17, 15) is 9.50 Å². The van der Waals surface area contributed by atoms with Crippen LogP contribution in [0.2, 0.25) is 0 Å². The number of benzene rings is 2. The highest BCUT2D eigenvalue weighted by molar-refractivity contribution is 5.81. The number of imidazole rings is 1. The van der Waals surface area contributed by atoms with Gasteiger partial charge in [-0.15, -0.1) is 0 Å². The van der Waals surface area contributed by atoms with Gasteiger partial charge in [0.15, 0.2) is 11.5 Å². The molecule has 0 fully saturated rings. The Morgan fingerprint density at radius 1 is 1.21 bits per heavy atom. The third kappa shape index (κ3) is 1.79. The summed E-state index contributed by atoms with van der Waals surface area (Å²) < 4.78 is 18.9. The van der Waals surface area contributed by atoms with Gasteiger partial charge in [-0.05, 0) is 24.3 Å². The quantitative estimate of drug-likeness (QED) is 0.742. The van der Waals surface area contributed by atoms with Gasteiger partial charge in [-0.25, -0.2) is 9.37 Å². The number of phenols is 1. The summed E-state index contributed by atoms with van der Waals surface area (Å²) in [6, 6.07) is 9.95. The van der Waals surface area contributed by atoms with Crippen LogP contribution in [0.3, 0.4) is 0 Å². The number of halogens is 1. The Balaban J connectivity index is 2.26. The largest absolute Gasteiger partial charge is 0.504 e. The maximum atomic E-state index is 13.9. The van der Waals surface area contributed by atoms with Crippen molar-refractivity contribution in [2.75, 3.05) is 7.11 Å². The van der Waals surface area contributed by atoms with Gasteiger partial charge in [0.25, 0.3) is 0 Å². The molecule has 0 radical (unpaired) electrons. The fourth-order valence-corrected chi connectivity index (χ4v) is 2.01. The Morgan fingerprint density at radius 3 is 2.74 bits per heavy atom. The van der Waals surface area contributed by atoms with E-state index in [4.69, 9.17) is 4.74 Å². The number of phenolic OH excluding ortho intramolecular Hbond substituents is 1. The summed E-state index contributed by atoms with van der Waals surface area (Å²) in [4.78, 5) is 7.25. The van der Waals surface area contributed by atoms with Gasteiger partial charge in [0.1, 0.15) is 11.6 Å².